The number of hydrogen-bond acceptors (Lipinski definition) is 6. The molecule has 0 fully saturated rings. The maximum Gasteiger partial charge on any atom is 0.286 e. The van der Waals surface area contributed by atoms with Gasteiger partial charge in [0.25, 0.3) is 5.91 Å². The lowest BCUT2D eigenvalue weighted by Crippen LogP contribution is -2.13. The molecule has 2 aromatic rings. The fourth-order valence-corrected chi connectivity index (χ4v) is 1.75. The Morgan fingerprint density at radius 2 is 2.28 bits per heavy atom. The number of nitrogen functional groups attached to an aromatic ring is 1. The van der Waals surface area contributed by atoms with Crippen LogP contribution in [0.1, 0.15) is 15.4 Å². The van der Waals surface area contributed by atoms with Crippen molar-refractivity contribution in [2.24, 2.45) is 0 Å². The predicted molar refractivity (Wildman–Crippen MR) is 63.4 cm³/mol. The summed E-state index contributed by atoms with van der Waals surface area (Å²) < 4.78 is 13.3. The summed E-state index contributed by atoms with van der Waals surface area (Å²) in [6.45, 7) is 0. The molecule has 0 atom stereocenters. The largest absolute Gasteiger partial charge is 0.374 e. The van der Waals surface area contributed by atoms with E-state index >= 15 is 0 Å². The third-order valence-corrected chi connectivity index (χ3v) is 2.76. The van der Waals surface area contributed by atoms with Crippen LogP contribution in [0.4, 0.5) is 15.2 Å². The van der Waals surface area contributed by atoms with Gasteiger partial charge >= 0.3 is 0 Å². The van der Waals surface area contributed by atoms with Crippen LogP contribution in [-0.2, 0) is 0 Å². The van der Waals surface area contributed by atoms with Crippen molar-refractivity contribution < 1.29 is 9.18 Å². The molecule has 0 aliphatic rings. The minimum atomic E-state index is -0.702. The lowest BCUT2D eigenvalue weighted by molar-refractivity contribution is 0.102. The quantitative estimate of drug-likeness (QED) is 0.851. The minimum Gasteiger partial charge on any atom is -0.374 e. The van der Waals surface area contributed by atoms with Crippen molar-refractivity contribution >= 4 is 28.1 Å². The summed E-state index contributed by atoms with van der Waals surface area (Å²) >= 11 is 0.900. The second kappa shape index (κ2) is 4.77. The zero-order valence-corrected chi connectivity index (χ0v) is 9.66. The highest BCUT2D eigenvalue weighted by molar-refractivity contribution is 7.16. The second-order valence-corrected chi connectivity index (χ2v) is 4.18. The van der Waals surface area contributed by atoms with Gasteiger partial charge in [-0.05, 0) is 12.1 Å². The van der Waals surface area contributed by atoms with Crippen molar-refractivity contribution in [1.29, 1.82) is 5.26 Å². The molecule has 2 rings (SSSR count). The Bertz CT molecular complexity index is 648. The molecule has 8 heteroatoms. The van der Waals surface area contributed by atoms with Crippen LogP contribution < -0.4 is 11.1 Å². The molecule has 0 spiro atoms. The van der Waals surface area contributed by atoms with Gasteiger partial charge in [0.05, 0.1) is 5.69 Å². The van der Waals surface area contributed by atoms with Gasteiger partial charge in [0, 0.05) is 0 Å². The van der Waals surface area contributed by atoms with E-state index in [1.54, 1.807) is 6.07 Å². The van der Waals surface area contributed by atoms with Gasteiger partial charge in [0.2, 0.25) is 10.1 Å². The van der Waals surface area contributed by atoms with Gasteiger partial charge in [-0.15, -0.1) is 10.2 Å². The van der Waals surface area contributed by atoms with Gasteiger partial charge in [0.1, 0.15) is 17.4 Å². The Morgan fingerprint density at radius 1 is 1.50 bits per heavy atom. The maximum absolute atomic E-state index is 13.3. The third-order valence-electron chi connectivity index (χ3n) is 2.01. The summed E-state index contributed by atoms with van der Waals surface area (Å²) in [5, 5.41) is 18.4. The lowest BCUT2D eigenvalue weighted by Gasteiger charge is -2.04. The van der Waals surface area contributed by atoms with Crippen molar-refractivity contribution in [1.82, 2.24) is 10.2 Å². The number of nitrogens with zero attached hydrogens (tertiary/aromatic N) is 3. The van der Waals surface area contributed by atoms with E-state index in [-0.39, 0.29) is 21.4 Å². The second-order valence-electron chi connectivity index (χ2n) is 3.17. The van der Waals surface area contributed by atoms with E-state index in [2.05, 4.69) is 15.5 Å². The number of hydrogen-bond donors (Lipinski definition) is 2. The third kappa shape index (κ3) is 2.26. The molecule has 0 aliphatic carbocycles. The molecular formula is C10H6FN5OS. The molecule has 0 bridgehead atoms. The van der Waals surface area contributed by atoms with Crippen molar-refractivity contribution in [2.45, 2.75) is 0 Å². The van der Waals surface area contributed by atoms with Crippen LogP contribution in [0.2, 0.25) is 0 Å². The van der Waals surface area contributed by atoms with E-state index in [0.717, 1.165) is 17.4 Å². The molecule has 1 aromatic carbocycles. The first-order valence-corrected chi connectivity index (χ1v) is 5.52. The molecule has 0 aliphatic heterocycles. The van der Waals surface area contributed by atoms with Crippen LogP contribution in [-0.4, -0.2) is 16.1 Å². The summed E-state index contributed by atoms with van der Waals surface area (Å²) in [7, 11) is 0. The fraction of sp³-hybridized carbons (Fsp3) is 0. The number of nitrogens with one attached hydrogen (secondary N) is 1. The number of amides is 1. The number of benzene rings is 1. The molecule has 18 heavy (non-hydrogen) atoms. The highest BCUT2D eigenvalue weighted by Gasteiger charge is 2.15. The molecule has 0 unspecified atom stereocenters. The fourth-order valence-electron chi connectivity index (χ4n) is 1.24. The maximum atomic E-state index is 13.3. The van der Waals surface area contributed by atoms with Gasteiger partial charge in [-0.25, -0.2) is 4.39 Å². The molecule has 0 radical (unpaired) electrons. The lowest BCUT2D eigenvalue weighted by atomic mass is 10.2. The number of halogens is 1. The summed E-state index contributed by atoms with van der Waals surface area (Å²) in [4.78, 5) is 11.7. The van der Waals surface area contributed by atoms with E-state index in [9.17, 15) is 9.18 Å². The number of anilines is 2. The zero-order chi connectivity index (χ0) is 13.1. The Kier molecular flexibility index (Phi) is 3.16. The Morgan fingerprint density at radius 3 is 2.89 bits per heavy atom. The first-order valence-electron chi connectivity index (χ1n) is 4.70. The average Bonchev–Trinajstić information content (AvgIpc) is 2.76. The van der Waals surface area contributed by atoms with Gasteiger partial charge < -0.3 is 11.1 Å². The van der Waals surface area contributed by atoms with E-state index in [1.807, 2.05) is 0 Å². The van der Waals surface area contributed by atoms with E-state index in [4.69, 9.17) is 11.0 Å². The smallest absolute Gasteiger partial charge is 0.286 e. The highest BCUT2D eigenvalue weighted by Crippen LogP contribution is 2.19. The number of rotatable bonds is 2. The first kappa shape index (κ1) is 11.9. The summed E-state index contributed by atoms with van der Waals surface area (Å²) in [5.74, 6) is -1.29. The van der Waals surface area contributed by atoms with Gasteiger partial charge in [-0.1, -0.05) is 17.4 Å². The standard InChI is InChI=1S/C10H6FN5OS/c11-6-2-1-3-7(5(6)4-12)14-8(17)9-15-16-10(13)18-9/h1-3H,(H2,13,16)(H,14,17). The number of aromatic nitrogens is 2. The molecule has 1 heterocycles. The molecule has 0 saturated heterocycles. The molecule has 90 valence electrons. The average molecular weight is 263 g/mol. The number of nitriles is 1. The number of nitrogens with two attached hydrogens (primary N) is 1. The Labute approximate surface area is 105 Å². The van der Waals surface area contributed by atoms with Gasteiger partial charge in [-0.2, -0.15) is 5.26 Å². The van der Waals surface area contributed by atoms with Crippen LogP contribution in [0.3, 0.4) is 0 Å². The SMILES string of the molecule is N#Cc1c(F)cccc1NC(=O)c1nnc(N)s1. The van der Waals surface area contributed by atoms with Crippen molar-refractivity contribution in [3.8, 4) is 6.07 Å². The molecule has 1 aromatic heterocycles. The normalized spacial score (nSPS) is 9.78. The molecule has 3 N–H and O–H groups in total. The van der Waals surface area contributed by atoms with Crippen molar-refractivity contribution in [3.63, 3.8) is 0 Å². The topological polar surface area (TPSA) is 105 Å². The van der Waals surface area contributed by atoms with Crippen LogP contribution in [0.15, 0.2) is 18.2 Å². The zero-order valence-electron chi connectivity index (χ0n) is 8.85. The molecule has 1 amide bonds. The number of carbonyl (C=O) groups excluding carboxylic acids is 1. The number of carbonyl (C=O) groups is 1. The summed E-state index contributed by atoms with van der Waals surface area (Å²) in [6, 6.07) is 5.62. The van der Waals surface area contributed by atoms with Crippen LogP contribution in [0.25, 0.3) is 0 Å². The summed E-state index contributed by atoms with van der Waals surface area (Å²) in [6.07, 6.45) is 0. The Balaban J connectivity index is 2.28. The monoisotopic (exact) mass is 263 g/mol. The van der Waals surface area contributed by atoms with Crippen molar-refractivity contribution in [3.05, 3.63) is 34.6 Å². The minimum absolute atomic E-state index is 0.0423. The van der Waals surface area contributed by atoms with Crippen LogP contribution >= 0.6 is 11.3 Å². The van der Waals surface area contributed by atoms with Crippen LogP contribution in [0.5, 0.6) is 0 Å². The molecule has 0 saturated carbocycles. The van der Waals surface area contributed by atoms with Gasteiger partial charge in [-0.3, -0.25) is 4.79 Å². The highest BCUT2D eigenvalue weighted by atomic mass is 32.1. The summed E-state index contributed by atoms with van der Waals surface area (Å²) in [5.41, 5.74) is 5.19. The van der Waals surface area contributed by atoms with E-state index < -0.39 is 11.7 Å². The molecule has 6 nitrogen and oxygen atoms in total. The van der Waals surface area contributed by atoms with E-state index in [0.29, 0.717) is 0 Å². The van der Waals surface area contributed by atoms with Crippen molar-refractivity contribution in [2.75, 3.05) is 11.1 Å². The van der Waals surface area contributed by atoms with Gasteiger partial charge in [0.15, 0.2) is 0 Å². The molecular weight excluding hydrogens is 257 g/mol. The Hall–Kier alpha value is -2.53. The predicted octanol–water partition coefficient (Wildman–Crippen LogP) is 1.38. The van der Waals surface area contributed by atoms with E-state index in [1.165, 1.54) is 12.1 Å². The van der Waals surface area contributed by atoms with Crippen LogP contribution in [0, 0.1) is 17.1 Å². The first-order chi connectivity index (χ1) is 8.61.